The Bertz CT molecular complexity index is 1130. The molecule has 1 aliphatic rings. The first-order valence-electron chi connectivity index (χ1n) is 10.3. The van der Waals surface area contributed by atoms with Crippen LogP contribution in [0.2, 0.25) is 0 Å². The van der Waals surface area contributed by atoms with E-state index < -0.39 is 0 Å². The fraction of sp³-hybridized carbons (Fsp3) is 0.200. The molecule has 1 heterocycles. The summed E-state index contributed by atoms with van der Waals surface area (Å²) in [4.78, 5) is 27.0. The second-order valence-corrected chi connectivity index (χ2v) is 7.41. The molecule has 164 valence electrons. The van der Waals surface area contributed by atoms with E-state index in [1.165, 1.54) is 0 Å². The SMILES string of the molecule is COc1ccc(OC)c(NC(=O)NCc2ccc3c(c2)CCN3C(=O)c2ccccc2)c1. The molecule has 7 nitrogen and oxygen atoms in total. The number of carbonyl (C=O) groups excluding carboxylic acids is 2. The quantitative estimate of drug-likeness (QED) is 0.612. The van der Waals surface area contributed by atoms with Gasteiger partial charge in [0.1, 0.15) is 11.5 Å². The Kier molecular flexibility index (Phi) is 6.26. The Morgan fingerprint density at radius 2 is 1.78 bits per heavy atom. The maximum absolute atomic E-state index is 12.8. The lowest BCUT2D eigenvalue weighted by Gasteiger charge is -2.18. The minimum absolute atomic E-state index is 0.00170. The molecule has 0 saturated carbocycles. The Balaban J connectivity index is 1.39. The zero-order valence-corrected chi connectivity index (χ0v) is 18.1. The van der Waals surface area contributed by atoms with E-state index in [-0.39, 0.29) is 11.9 Å². The number of ether oxygens (including phenoxy) is 2. The van der Waals surface area contributed by atoms with Crippen LogP contribution in [-0.2, 0) is 13.0 Å². The fourth-order valence-electron chi connectivity index (χ4n) is 3.77. The number of urea groups is 1. The van der Waals surface area contributed by atoms with Crippen molar-refractivity contribution in [2.75, 3.05) is 31.0 Å². The number of carbonyl (C=O) groups is 2. The second kappa shape index (κ2) is 9.43. The van der Waals surface area contributed by atoms with Gasteiger partial charge in [-0.3, -0.25) is 4.79 Å². The molecular weight excluding hydrogens is 406 g/mol. The standard InChI is InChI=1S/C25H25N3O4/c1-31-20-9-11-23(32-2)21(15-20)27-25(30)26-16-17-8-10-22-19(14-17)12-13-28(22)24(29)18-6-4-3-5-7-18/h3-11,14-15H,12-13,16H2,1-2H3,(H2,26,27,30). The average Bonchev–Trinajstić information content (AvgIpc) is 3.26. The molecular formula is C25H25N3O4. The number of hydrogen-bond donors (Lipinski definition) is 2. The van der Waals surface area contributed by atoms with Crippen LogP contribution in [0, 0.1) is 0 Å². The summed E-state index contributed by atoms with van der Waals surface area (Å²) in [6, 6.07) is 20.1. The highest BCUT2D eigenvalue weighted by Crippen LogP contribution is 2.31. The number of benzene rings is 3. The van der Waals surface area contributed by atoms with Crippen LogP contribution < -0.4 is 25.0 Å². The molecule has 0 radical (unpaired) electrons. The first-order chi connectivity index (χ1) is 15.6. The monoisotopic (exact) mass is 431 g/mol. The zero-order chi connectivity index (χ0) is 22.5. The molecule has 0 spiro atoms. The highest BCUT2D eigenvalue weighted by Gasteiger charge is 2.25. The zero-order valence-electron chi connectivity index (χ0n) is 18.1. The number of rotatable bonds is 6. The van der Waals surface area contributed by atoms with Crippen molar-refractivity contribution in [3.8, 4) is 11.5 Å². The van der Waals surface area contributed by atoms with Crippen LogP contribution in [0.3, 0.4) is 0 Å². The number of hydrogen-bond acceptors (Lipinski definition) is 4. The third kappa shape index (κ3) is 4.51. The molecule has 0 atom stereocenters. The van der Waals surface area contributed by atoms with Crippen molar-refractivity contribution in [2.24, 2.45) is 0 Å². The molecule has 32 heavy (non-hydrogen) atoms. The van der Waals surface area contributed by atoms with E-state index in [4.69, 9.17) is 9.47 Å². The first-order valence-corrected chi connectivity index (χ1v) is 10.3. The van der Waals surface area contributed by atoms with Gasteiger partial charge in [0.15, 0.2) is 0 Å². The Labute approximate surface area is 187 Å². The number of amides is 3. The van der Waals surface area contributed by atoms with Gasteiger partial charge in [0.05, 0.1) is 19.9 Å². The molecule has 0 fully saturated rings. The maximum Gasteiger partial charge on any atom is 0.319 e. The predicted molar refractivity (Wildman–Crippen MR) is 124 cm³/mol. The number of nitrogens with one attached hydrogen (secondary N) is 2. The minimum Gasteiger partial charge on any atom is -0.497 e. The molecule has 0 unspecified atom stereocenters. The van der Waals surface area contributed by atoms with Gasteiger partial charge >= 0.3 is 6.03 Å². The van der Waals surface area contributed by atoms with Gasteiger partial charge in [0.25, 0.3) is 5.91 Å². The van der Waals surface area contributed by atoms with Crippen LogP contribution >= 0.6 is 0 Å². The molecule has 0 saturated heterocycles. The van der Waals surface area contributed by atoms with E-state index in [1.807, 2.05) is 53.4 Å². The summed E-state index contributed by atoms with van der Waals surface area (Å²) >= 11 is 0. The Hall–Kier alpha value is -4.00. The van der Waals surface area contributed by atoms with Crippen LogP contribution in [0.1, 0.15) is 21.5 Å². The van der Waals surface area contributed by atoms with Crippen molar-refractivity contribution in [1.82, 2.24) is 5.32 Å². The summed E-state index contributed by atoms with van der Waals surface area (Å²) in [7, 11) is 3.11. The fourth-order valence-corrected chi connectivity index (χ4v) is 3.77. The van der Waals surface area contributed by atoms with Gasteiger partial charge in [-0.25, -0.2) is 4.79 Å². The average molecular weight is 431 g/mol. The van der Waals surface area contributed by atoms with E-state index in [2.05, 4.69) is 10.6 Å². The van der Waals surface area contributed by atoms with E-state index in [0.29, 0.717) is 35.8 Å². The normalized spacial score (nSPS) is 12.1. The van der Waals surface area contributed by atoms with Gasteiger partial charge in [-0.2, -0.15) is 0 Å². The molecule has 0 bridgehead atoms. The van der Waals surface area contributed by atoms with Crippen LogP contribution in [0.25, 0.3) is 0 Å². The van der Waals surface area contributed by atoms with E-state index in [0.717, 1.165) is 23.2 Å². The maximum atomic E-state index is 12.8. The van der Waals surface area contributed by atoms with Gasteiger partial charge < -0.3 is 25.0 Å². The summed E-state index contributed by atoms with van der Waals surface area (Å²) in [5.41, 5.74) is 4.19. The second-order valence-electron chi connectivity index (χ2n) is 7.41. The Morgan fingerprint density at radius 3 is 2.53 bits per heavy atom. The molecule has 0 aliphatic carbocycles. The third-order valence-electron chi connectivity index (χ3n) is 5.41. The van der Waals surface area contributed by atoms with Crippen molar-refractivity contribution in [3.63, 3.8) is 0 Å². The number of fused-ring (bicyclic) bond motifs is 1. The molecule has 1 aliphatic heterocycles. The van der Waals surface area contributed by atoms with Crippen LogP contribution in [-0.4, -0.2) is 32.7 Å². The number of anilines is 2. The largest absolute Gasteiger partial charge is 0.497 e. The van der Waals surface area contributed by atoms with E-state index in [1.54, 1.807) is 32.4 Å². The summed E-state index contributed by atoms with van der Waals surface area (Å²) < 4.78 is 10.5. The van der Waals surface area contributed by atoms with Gasteiger partial charge in [0, 0.05) is 30.4 Å². The molecule has 3 aromatic rings. The van der Waals surface area contributed by atoms with Crippen molar-refractivity contribution in [2.45, 2.75) is 13.0 Å². The van der Waals surface area contributed by atoms with Gasteiger partial charge in [-0.05, 0) is 47.9 Å². The van der Waals surface area contributed by atoms with Crippen molar-refractivity contribution in [3.05, 3.63) is 83.4 Å². The van der Waals surface area contributed by atoms with Crippen LogP contribution in [0.15, 0.2) is 66.7 Å². The van der Waals surface area contributed by atoms with Gasteiger partial charge in [0.2, 0.25) is 0 Å². The molecule has 3 aromatic carbocycles. The van der Waals surface area contributed by atoms with Crippen LogP contribution in [0.5, 0.6) is 11.5 Å². The van der Waals surface area contributed by atoms with E-state index in [9.17, 15) is 9.59 Å². The van der Waals surface area contributed by atoms with Crippen molar-refractivity contribution in [1.29, 1.82) is 0 Å². The minimum atomic E-state index is -0.349. The van der Waals surface area contributed by atoms with Crippen molar-refractivity contribution < 1.29 is 19.1 Å². The summed E-state index contributed by atoms with van der Waals surface area (Å²) in [5, 5.41) is 5.65. The lowest BCUT2D eigenvalue weighted by molar-refractivity contribution is 0.0989. The lowest BCUT2D eigenvalue weighted by atomic mass is 10.1. The molecule has 7 heteroatoms. The van der Waals surface area contributed by atoms with Gasteiger partial charge in [-0.15, -0.1) is 0 Å². The summed E-state index contributed by atoms with van der Waals surface area (Å²) in [6.45, 7) is 1.01. The number of nitrogens with zero attached hydrogens (tertiary/aromatic N) is 1. The summed E-state index contributed by atoms with van der Waals surface area (Å²) in [6.07, 6.45) is 0.787. The Morgan fingerprint density at radius 1 is 0.969 bits per heavy atom. The number of methoxy groups -OCH3 is 2. The smallest absolute Gasteiger partial charge is 0.319 e. The molecule has 0 aromatic heterocycles. The molecule has 4 rings (SSSR count). The first kappa shape index (κ1) is 21.2. The third-order valence-corrected chi connectivity index (χ3v) is 5.41. The highest BCUT2D eigenvalue weighted by atomic mass is 16.5. The topological polar surface area (TPSA) is 79.9 Å². The molecule has 2 N–H and O–H groups in total. The highest BCUT2D eigenvalue weighted by molar-refractivity contribution is 6.07. The molecule has 3 amide bonds. The predicted octanol–water partition coefficient (Wildman–Crippen LogP) is 4.23. The lowest BCUT2D eigenvalue weighted by Crippen LogP contribution is -2.29. The van der Waals surface area contributed by atoms with Gasteiger partial charge in [-0.1, -0.05) is 30.3 Å². The van der Waals surface area contributed by atoms with Crippen molar-refractivity contribution >= 4 is 23.3 Å². The van der Waals surface area contributed by atoms with E-state index >= 15 is 0 Å². The van der Waals surface area contributed by atoms with Crippen LogP contribution in [0.4, 0.5) is 16.2 Å². The summed E-state index contributed by atoms with van der Waals surface area (Å²) in [5.74, 6) is 1.16.